The molecule has 0 heterocycles. The Labute approximate surface area is 103 Å². The Morgan fingerprint density at radius 2 is 2.38 bits per heavy atom. The number of nitrogens with zero attached hydrogens (tertiary/aromatic N) is 2. The van der Waals surface area contributed by atoms with Crippen LogP contribution in [0.3, 0.4) is 0 Å². The molecule has 0 saturated heterocycles. The molecule has 1 atom stereocenters. The van der Waals surface area contributed by atoms with Gasteiger partial charge in [0.2, 0.25) is 0 Å². The van der Waals surface area contributed by atoms with Crippen molar-refractivity contribution in [1.29, 1.82) is 5.26 Å². The van der Waals surface area contributed by atoms with Gasteiger partial charge in [-0.05, 0) is 32.0 Å². The highest BCUT2D eigenvalue weighted by Crippen LogP contribution is 2.27. The lowest BCUT2D eigenvalue weighted by molar-refractivity contribution is 0.177. The number of nitriles is 1. The van der Waals surface area contributed by atoms with Crippen LogP contribution in [0.4, 0.5) is 0 Å². The molecule has 0 aromatic heterocycles. The minimum Gasteiger partial charge on any atom is -0.383 e. The number of rotatable bonds is 6. The largest absolute Gasteiger partial charge is 0.383 e. The third-order valence-corrected chi connectivity index (χ3v) is 2.85. The molecular formula is C11H19N3OS. The first-order valence-corrected chi connectivity index (χ1v) is 6.03. The van der Waals surface area contributed by atoms with Gasteiger partial charge in [-0.2, -0.15) is 5.26 Å². The first-order valence-electron chi connectivity index (χ1n) is 5.62. The van der Waals surface area contributed by atoms with Crippen molar-refractivity contribution in [2.45, 2.75) is 38.3 Å². The normalized spacial score (nSPS) is 16.3. The quantitative estimate of drug-likeness (QED) is 0.710. The van der Waals surface area contributed by atoms with Crippen LogP contribution in [0.25, 0.3) is 0 Å². The summed E-state index contributed by atoms with van der Waals surface area (Å²) in [5.74, 6) is 0. The van der Waals surface area contributed by atoms with E-state index < -0.39 is 0 Å². The van der Waals surface area contributed by atoms with Gasteiger partial charge in [-0.15, -0.1) is 0 Å². The summed E-state index contributed by atoms with van der Waals surface area (Å²) >= 11 is 5.35. The second kappa shape index (κ2) is 6.66. The van der Waals surface area contributed by atoms with E-state index in [0.29, 0.717) is 19.1 Å². The van der Waals surface area contributed by atoms with Crippen molar-refractivity contribution in [3.8, 4) is 6.07 Å². The van der Waals surface area contributed by atoms with Crippen LogP contribution in [0.15, 0.2) is 0 Å². The Balaban J connectivity index is 2.38. The maximum absolute atomic E-state index is 8.60. The molecule has 1 rings (SSSR count). The Morgan fingerprint density at radius 1 is 1.69 bits per heavy atom. The molecule has 0 aromatic carbocycles. The number of thiocarbonyl (C=S) groups is 1. The average Bonchev–Trinajstić information content (AvgIpc) is 3.02. The summed E-state index contributed by atoms with van der Waals surface area (Å²) in [6, 6.07) is 2.91. The summed E-state index contributed by atoms with van der Waals surface area (Å²) in [7, 11) is 1.68. The molecule has 0 spiro atoms. The molecule has 1 fully saturated rings. The molecule has 1 N–H and O–H groups in total. The Kier molecular flexibility index (Phi) is 5.50. The minimum atomic E-state index is 0.209. The van der Waals surface area contributed by atoms with E-state index in [1.807, 2.05) is 6.92 Å². The number of ether oxygens (including phenoxy) is 1. The van der Waals surface area contributed by atoms with Crippen molar-refractivity contribution in [1.82, 2.24) is 10.2 Å². The van der Waals surface area contributed by atoms with Crippen LogP contribution in [-0.4, -0.2) is 42.4 Å². The molecule has 0 aromatic rings. The van der Waals surface area contributed by atoms with Crippen LogP contribution < -0.4 is 5.32 Å². The van der Waals surface area contributed by atoms with Gasteiger partial charge in [-0.1, -0.05) is 0 Å². The van der Waals surface area contributed by atoms with Crippen LogP contribution in [-0.2, 0) is 4.74 Å². The van der Waals surface area contributed by atoms with Gasteiger partial charge < -0.3 is 15.0 Å². The third kappa shape index (κ3) is 4.33. The number of hydrogen-bond acceptors (Lipinski definition) is 3. The van der Waals surface area contributed by atoms with Gasteiger partial charge in [0, 0.05) is 25.7 Å². The van der Waals surface area contributed by atoms with E-state index in [-0.39, 0.29) is 6.04 Å². The molecular weight excluding hydrogens is 222 g/mol. The second-order valence-electron chi connectivity index (χ2n) is 4.14. The molecule has 0 aliphatic heterocycles. The average molecular weight is 241 g/mol. The van der Waals surface area contributed by atoms with Crippen molar-refractivity contribution in [2.75, 3.05) is 20.3 Å². The van der Waals surface area contributed by atoms with Crippen LogP contribution in [0, 0.1) is 11.3 Å². The topological polar surface area (TPSA) is 48.3 Å². The van der Waals surface area contributed by atoms with Gasteiger partial charge in [-0.3, -0.25) is 0 Å². The highest BCUT2D eigenvalue weighted by molar-refractivity contribution is 7.80. The van der Waals surface area contributed by atoms with Crippen molar-refractivity contribution in [3.63, 3.8) is 0 Å². The molecule has 1 aliphatic carbocycles. The van der Waals surface area contributed by atoms with Crippen molar-refractivity contribution < 1.29 is 4.74 Å². The lowest BCUT2D eigenvalue weighted by atomic mass is 10.3. The zero-order chi connectivity index (χ0) is 12.0. The zero-order valence-electron chi connectivity index (χ0n) is 9.90. The van der Waals surface area contributed by atoms with Crippen LogP contribution in [0.5, 0.6) is 0 Å². The smallest absolute Gasteiger partial charge is 0.169 e. The monoisotopic (exact) mass is 241 g/mol. The standard InChI is InChI=1S/C11H19N3OS/c1-9(8-15-2)13-11(16)14(7-3-6-12)10-4-5-10/h9-10H,3-5,7-8H2,1-2H3,(H,13,16). The minimum absolute atomic E-state index is 0.209. The summed E-state index contributed by atoms with van der Waals surface area (Å²) in [5, 5.41) is 12.6. The molecule has 16 heavy (non-hydrogen) atoms. The maximum atomic E-state index is 8.60. The van der Waals surface area contributed by atoms with E-state index in [9.17, 15) is 0 Å². The Hall–Kier alpha value is -0.860. The Bertz CT molecular complexity index is 273. The molecule has 4 nitrogen and oxygen atoms in total. The van der Waals surface area contributed by atoms with Crippen LogP contribution >= 0.6 is 12.2 Å². The lowest BCUT2D eigenvalue weighted by Gasteiger charge is -2.27. The molecule has 1 unspecified atom stereocenters. The molecule has 90 valence electrons. The molecule has 0 amide bonds. The number of nitrogens with one attached hydrogen (secondary N) is 1. The molecule has 0 radical (unpaired) electrons. The van der Waals surface area contributed by atoms with Gasteiger partial charge in [-0.25, -0.2) is 0 Å². The SMILES string of the molecule is COCC(C)NC(=S)N(CCC#N)C1CC1. The van der Waals surface area contributed by atoms with E-state index in [4.69, 9.17) is 22.2 Å². The van der Waals surface area contributed by atoms with Crippen molar-refractivity contribution in [3.05, 3.63) is 0 Å². The Morgan fingerprint density at radius 3 is 2.88 bits per heavy atom. The first-order chi connectivity index (χ1) is 7.69. The maximum Gasteiger partial charge on any atom is 0.169 e. The fourth-order valence-corrected chi connectivity index (χ4v) is 2.03. The molecule has 0 bridgehead atoms. The van der Waals surface area contributed by atoms with Crippen molar-refractivity contribution >= 4 is 17.3 Å². The van der Waals surface area contributed by atoms with E-state index >= 15 is 0 Å². The summed E-state index contributed by atoms with van der Waals surface area (Å²) in [6.07, 6.45) is 2.90. The van der Waals surface area contributed by atoms with E-state index in [2.05, 4.69) is 16.3 Å². The van der Waals surface area contributed by atoms with Gasteiger partial charge in [0.25, 0.3) is 0 Å². The highest BCUT2D eigenvalue weighted by Gasteiger charge is 2.30. The second-order valence-corrected chi connectivity index (χ2v) is 4.53. The van der Waals surface area contributed by atoms with Crippen LogP contribution in [0.2, 0.25) is 0 Å². The summed E-state index contributed by atoms with van der Waals surface area (Å²) < 4.78 is 5.05. The first kappa shape index (κ1) is 13.2. The van der Waals surface area contributed by atoms with Crippen LogP contribution in [0.1, 0.15) is 26.2 Å². The summed E-state index contributed by atoms with van der Waals surface area (Å²) in [5.41, 5.74) is 0. The number of hydrogen-bond donors (Lipinski definition) is 1. The fraction of sp³-hybridized carbons (Fsp3) is 0.818. The van der Waals surface area contributed by atoms with E-state index in [1.165, 1.54) is 12.8 Å². The predicted octanol–water partition coefficient (Wildman–Crippen LogP) is 1.27. The van der Waals surface area contributed by atoms with Crippen molar-refractivity contribution in [2.24, 2.45) is 0 Å². The zero-order valence-corrected chi connectivity index (χ0v) is 10.7. The van der Waals surface area contributed by atoms with E-state index in [1.54, 1.807) is 7.11 Å². The fourth-order valence-electron chi connectivity index (χ4n) is 1.59. The predicted molar refractivity (Wildman–Crippen MR) is 67.0 cm³/mol. The van der Waals surface area contributed by atoms with Gasteiger partial charge in [0.05, 0.1) is 19.1 Å². The number of methoxy groups -OCH3 is 1. The molecule has 1 aliphatic rings. The van der Waals surface area contributed by atoms with Gasteiger partial charge >= 0.3 is 0 Å². The molecule has 5 heteroatoms. The summed E-state index contributed by atoms with van der Waals surface area (Å²) in [4.78, 5) is 2.13. The van der Waals surface area contributed by atoms with Gasteiger partial charge in [0.15, 0.2) is 5.11 Å². The summed E-state index contributed by atoms with van der Waals surface area (Å²) in [6.45, 7) is 3.40. The third-order valence-electron chi connectivity index (χ3n) is 2.50. The highest BCUT2D eigenvalue weighted by atomic mass is 32.1. The lowest BCUT2D eigenvalue weighted by Crippen LogP contribution is -2.46. The van der Waals surface area contributed by atoms with Gasteiger partial charge in [0.1, 0.15) is 0 Å². The molecule has 1 saturated carbocycles. The van der Waals surface area contributed by atoms with E-state index in [0.717, 1.165) is 11.7 Å².